The Morgan fingerprint density at radius 1 is 1.38 bits per heavy atom. The Morgan fingerprint density at radius 3 is 2.81 bits per heavy atom. The van der Waals surface area contributed by atoms with Crippen LogP contribution in [-0.2, 0) is 17.8 Å². The highest BCUT2D eigenvalue weighted by molar-refractivity contribution is 5.76. The Kier molecular flexibility index (Phi) is 3.66. The van der Waals surface area contributed by atoms with Crippen LogP contribution in [0.2, 0.25) is 0 Å². The molecule has 1 N–H and O–H groups in total. The van der Waals surface area contributed by atoms with E-state index in [9.17, 15) is 9.90 Å². The fourth-order valence-electron chi connectivity index (χ4n) is 3.47. The molecule has 5 nitrogen and oxygen atoms in total. The molecule has 2 aromatic rings. The number of carbonyl (C=O) groups is 1. The topological polar surface area (TPSA) is 68.0 Å². The zero-order valence-corrected chi connectivity index (χ0v) is 12.4. The molecule has 5 heteroatoms. The van der Waals surface area contributed by atoms with Crippen LogP contribution < -0.4 is 0 Å². The van der Waals surface area contributed by atoms with Gasteiger partial charge in [0.05, 0.1) is 5.41 Å². The molecule has 3 rings (SSSR count). The Balaban J connectivity index is 2.01. The lowest BCUT2D eigenvalue weighted by Gasteiger charge is -2.32. The van der Waals surface area contributed by atoms with Crippen LogP contribution in [0.5, 0.6) is 0 Å². The van der Waals surface area contributed by atoms with Crippen molar-refractivity contribution >= 4 is 17.1 Å². The van der Waals surface area contributed by atoms with Crippen LogP contribution in [0.25, 0.3) is 11.2 Å². The van der Waals surface area contributed by atoms with Gasteiger partial charge in [0.25, 0.3) is 0 Å². The summed E-state index contributed by atoms with van der Waals surface area (Å²) in [7, 11) is 0. The zero-order chi connectivity index (χ0) is 14.9. The second-order valence-electron chi connectivity index (χ2n) is 5.94. The fourth-order valence-corrected chi connectivity index (χ4v) is 3.47. The van der Waals surface area contributed by atoms with Crippen molar-refractivity contribution in [3.05, 3.63) is 24.2 Å². The molecule has 0 unspecified atom stereocenters. The fraction of sp³-hybridized carbons (Fsp3) is 0.562. The Hall–Kier alpha value is -1.91. The third-order valence-electron chi connectivity index (χ3n) is 4.66. The number of aliphatic carboxylic acids is 1. The maximum absolute atomic E-state index is 11.8. The minimum Gasteiger partial charge on any atom is -0.481 e. The van der Waals surface area contributed by atoms with Crippen molar-refractivity contribution in [2.75, 3.05) is 0 Å². The molecule has 2 heterocycles. The molecule has 1 saturated carbocycles. The number of rotatable bonds is 4. The first-order valence-electron chi connectivity index (χ1n) is 7.70. The SMILES string of the molecule is CCn1c(CC2(C(=O)O)CCCCC2)nc2cccnc21. The number of fused-ring (bicyclic) bond motifs is 1. The quantitative estimate of drug-likeness (QED) is 0.938. The number of imidazole rings is 1. The summed E-state index contributed by atoms with van der Waals surface area (Å²) in [6, 6.07) is 3.80. The summed E-state index contributed by atoms with van der Waals surface area (Å²) in [4.78, 5) is 20.9. The standard InChI is InChI=1S/C16H21N3O2/c1-2-19-13(18-12-7-6-10-17-14(12)19)11-16(15(20)21)8-4-3-5-9-16/h6-7,10H,2-5,8-9,11H2,1H3,(H,20,21). The van der Waals surface area contributed by atoms with E-state index in [1.54, 1.807) is 6.20 Å². The van der Waals surface area contributed by atoms with Crippen molar-refractivity contribution in [2.45, 2.75) is 52.0 Å². The van der Waals surface area contributed by atoms with Crippen LogP contribution in [0.4, 0.5) is 0 Å². The number of carboxylic acid groups (broad SMARTS) is 1. The first-order chi connectivity index (χ1) is 10.2. The van der Waals surface area contributed by atoms with Gasteiger partial charge in [0, 0.05) is 19.2 Å². The first kappa shape index (κ1) is 14.0. The predicted molar refractivity (Wildman–Crippen MR) is 80.1 cm³/mol. The van der Waals surface area contributed by atoms with Crippen molar-refractivity contribution in [1.82, 2.24) is 14.5 Å². The van der Waals surface area contributed by atoms with Crippen LogP contribution in [0, 0.1) is 5.41 Å². The van der Waals surface area contributed by atoms with Gasteiger partial charge in [-0.15, -0.1) is 0 Å². The summed E-state index contributed by atoms with van der Waals surface area (Å²) in [5, 5.41) is 9.74. The number of pyridine rings is 1. The van der Waals surface area contributed by atoms with E-state index in [1.807, 2.05) is 19.1 Å². The van der Waals surface area contributed by atoms with Crippen LogP contribution in [0.3, 0.4) is 0 Å². The summed E-state index contributed by atoms with van der Waals surface area (Å²) >= 11 is 0. The maximum atomic E-state index is 11.8. The van der Waals surface area contributed by atoms with Crippen molar-refractivity contribution in [1.29, 1.82) is 0 Å². The van der Waals surface area contributed by atoms with E-state index >= 15 is 0 Å². The van der Waals surface area contributed by atoms with E-state index in [4.69, 9.17) is 0 Å². The second-order valence-corrected chi connectivity index (χ2v) is 5.94. The van der Waals surface area contributed by atoms with E-state index in [0.29, 0.717) is 6.42 Å². The molecule has 0 aliphatic heterocycles. The molecule has 112 valence electrons. The number of carboxylic acids is 1. The van der Waals surface area contributed by atoms with Crippen LogP contribution >= 0.6 is 0 Å². The Labute approximate surface area is 124 Å². The average molecular weight is 287 g/mol. The summed E-state index contributed by atoms with van der Waals surface area (Å²) in [5.74, 6) is 0.181. The molecule has 0 amide bonds. The normalized spacial score (nSPS) is 18.0. The third kappa shape index (κ3) is 2.41. The number of hydrogen-bond acceptors (Lipinski definition) is 3. The molecule has 0 atom stereocenters. The minimum absolute atomic E-state index is 0.506. The lowest BCUT2D eigenvalue weighted by molar-refractivity contribution is -0.151. The molecular formula is C16H21N3O2. The number of aromatic nitrogens is 3. The molecule has 0 spiro atoms. The van der Waals surface area contributed by atoms with Gasteiger partial charge in [-0.2, -0.15) is 0 Å². The summed E-state index contributed by atoms with van der Waals surface area (Å²) in [6.45, 7) is 2.81. The lowest BCUT2D eigenvalue weighted by atomic mass is 9.71. The Bertz CT molecular complexity index is 657. The third-order valence-corrected chi connectivity index (χ3v) is 4.66. The van der Waals surface area contributed by atoms with E-state index < -0.39 is 11.4 Å². The highest BCUT2D eigenvalue weighted by atomic mass is 16.4. The van der Waals surface area contributed by atoms with Crippen LogP contribution in [0.1, 0.15) is 44.9 Å². The molecule has 1 aliphatic rings. The average Bonchev–Trinajstić information content (AvgIpc) is 2.84. The van der Waals surface area contributed by atoms with Gasteiger partial charge in [-0.25, -0.2) is 9.97 Å². The maximum Gasteiger partial charge on any atom is 0.310 e. The molecule has 1 fully saturated rings. The highest BCUT2D eigenvalue weighted by Gasteiger charge is 2.41. The van der Waals surface area contributed by atoms with Crippen molar-refractivity contribution < 1.29 is 9.90 Å². The van der Waals surface area contributed by atoms with Crippen LogP contribution in [-0.4, -0.2) is 25.6 Å². The van der Waals surface area contributed by atoms with Gasteiger partial charge in [-0.05, 0) is 31.9 Å². The smallest absolute Gasteiger partial charge is 0.310 e. The van der Waals surface area contributed by atoms with E-state index in [-0.39, 0.29) is 0 Å². The Morgan fingerprint density at radius 2 is 2.14 bits per heavy atom. The summed E-state index contributed by atoms with van der Waals surface area (Å²) in [6.07, 6.45) is 6.90. The van der Waals surface area contributed by atoms with Gasteiger partial charge in [0.2, 0.25) is 0 Å². The zero-order valence-electron chi connectivity index (χ0n) is 12.4. The predicted octanol–water partition coefficient (Wildman–Crippen LogP) is 3.03. The van der Waals surface area contributed by atoms with E-state index in [0.717, 1.165) is 55.6 Å². The molecule has 0 saturated heterocycles. The van der Waals surface area contributed by atoms with Crippen molar-refractivity contribution in [2.24, 2.45) is 5.41 Å². The highest BCUT2D eigenvalue weighted by Crippen LogP contribution is 2.39. The second kappa shape index (κ2) is 5.47. The molecule has 0 radical (unpaired) electrons. The van der Waals surface area contributed by atoms with Crippen molar-refractivity contribution in [3.63, 3.8) is 0 Å². The van der Waals surface area contributed by atoms with Gasteiger partial charge >= 0.3 is 5.97 Å². The number of aryl methyl sites for hydroxylation is 1. The molecule has 21 heavy (non-hydrogen) atoms. The van der Waals surface area contributed by atoms with Crippen molar-refractivity contribution in [3.8, 4) is 0 Å². The minimum atomic E-state index is -0.676. The van der Waals surface area contributed by atoms with Gasteiger partial charge in [0.1, 0.15) is 11.3 Å². The van der Waals surface area contributed by atoms with Gasteiger partial charge in [-0.3, -0.25) is 4.79 Å². The van der Waals surface area contributed by atoms with E-state index in [2.05, 4.69) is 14.5 Å². The number of nitrogens with zero attached hydrogens (tertiary/aromatic N) is 3. The molecule has 1 aliphatic carbocycles. The van der Waals surface area contributed by atoms with Gasteiger partial charge < -0.3 is 9.67 Å². The largest absolute Gasteiger partial charge is 0.481 e. The van der Waals surface area contributed by atoms with Gasteiger partial charge in [-0.1, -0.05) is 19.3 Å². The van der Waals surface area contributed by atoms with Crippen LogP contribution in [0.15, 0.2) is 18.3 Å². The molecular weight excluding hydrogens is 266 g/mol. The lowest BCUT2D eigenvalue weighted by Crippen LogP contribution is -2.36. The molecule has 2 aromatic heterocycles. The number of hydrogen-bond donors (Lipinski definition) is 1. The summed E-state index contributed by atoms with van der Waals surface area (Å²) < 4.78 is 2.05. The molecule has 0 bridgehead atoms. The van der Waals surface area contributed by atoms with E-state index in [1.165, 1.54) is 0 Å². The first-order valence-corrected chi connectivity index (χ1v) is 7.70. The molecule has 0 aromatic carbocycles. The monoisotopic (exact) mass is 287 g/mol. The van der Waals surface area contributed by atoms with Gasteiger partial charge in [0.15, 0.2) is 5.65 Å². The summed E-state index contributed by atoms with van der Waals surface area (Å²) in [5.41, 5.74) is 1.06.